The third kappa shape index (κ3) is 3.53. The van der Waals surface area contributed by atoms with Gasteiger partial charge in [0.1, 0.15) is 6.20 Å². The molecule has 1 heterocycles. The lowest BCUT2D eigenvalue weighted by molar-refractivity contribution is -0.389. The maximum atomic E-state index is 11.8. The number of nitrogens with one attached hydrogen (secondary N) is 1. The molecule has 110 valence electrons. The van der Waals surface area contributed by atoms with Crippen LogP contribution in [0.4, 0.5) is 5.82 Å². The molecule has 1 fully saturated rings. The zero-order valence-electron chi connectivity index (χ0n) is 11.4. The Hall–Kier alpha value is -1.96. The van der Waals surface area contributed by atoms with Gasteiger partial charge in [-0.2, -0.15) is 0 Å². The summed E-state index contributed by atoms with van der Waals surface area (Å²) in [5.41, 5.74) is 5.63. The van der Waals surface area contributed by atoms with Crippen LogP contribution in [0.1, 0.15) is 25.1 Å². The van der Waals surface area contributed by atoms with E-state index >= 15 is 0 Å². The predicted molar refractivity (Wildman–Crippen MR) is 71.9 cm³/mol. The van der Waals surface area contributed by atoms with Gasteiger partial charge in [-0.25, -0.2) is 0 Å². The van der Waals surface area contributed by atoms with E-state index in [0.717, 1.165) is 12.8 Å². The number of rotatable bonds is 7. The SMILES string of the molecule is Cc1nc([N+](=O)[O-])cn1CCC(=O)NC(CN)C1CC1. The van der Waals surface area contributed by atoms with Crippen molar-refractivity contribution in [2.24, 2.45) is 11.7 Å². The Morgan fingerprint density at radius 1 is 1.70 bits per heavy atom. The number of hydrogen-bond donors (Lipinski definition) is 2. The van der Waals surface area contributed by atoms with Gasteiger partial charge in [0.15, 0.2) is 0 Å². The zero-order valence-corrected chi connectivity index (χ0v) is 11.4. The molecule has 1 unspecified atom stereocenters. The Kier molecular flexibility index (Phi) is 4.33. The number of hydrogen-bond acceptors (Lipinski definition) is 5. The van der Waals surface area contributed by atoms with E-state index < -0.39 is 4.92 Å². The van der Waals surface area contributed by atoms with Crippen LogP contribution in [0.25, 0.3) is 0 Å². The molecule has 0 radical (unpaired) electrons. The van der Waals surface area contributed by atoms with Crippen molar-refractivity contribution < 1.29 is 9.72 Å². The average Bonchev–Trinajstić information content (AvgIpc) is 3.17. The molecule has 20 heavy (non-hydrogen) atoms. The molecule has 0 aromatic carbocycles. The van der Waals surface area contributed by atoms with Gasteiger partial charge >= 0.3 is 5.82 Å². The molecule has 0 bridgehead atoms. The fourth-order valence-corrected chi connectivity index (χ4v) is 2.17. The van der Waals surface area contributed by atoms with Gasteiger partial charge in [-0.1, -0.05) is 0 Å². The van der Waals surface area contributed by atoms with Gasteiger partial charge < -0.3 is 25.7 Å². The molecular formula is C12H19N5O3. The minimum absolute atomic E-state index is 0.0562. The summed E-state index contributed by atoms with van der Waals surface area (Å²) >= 11 is 0. The van der Waals surface area contributed by atoms with E-state index in [4.69, 9.17) is 5.73 Å². The Balaban J connectivity index is 1.85. The first-order valence-electron chi connectivity index (χ1n) is 6.69. The topological polar surface area (TPSA) is 116 Å². The summed E-state index contributed by atoms with van der Waals surface area (Å²) in [5.74, 6) is 0.769. The molecule has 1 saturated carbocycles. The standard InChI is InChI=1S/C12H19N5O3/c1-8-14-11(17(19)20)7-16(8)5-4-12(18)15-10(6-13)9-2-3-9/h7,9-10H,2-6,13H2,1H3,(H,15,18). The monoisotopic (exact) mass is 281 g/mol. The van der Waals surface area contributed by atoms with Crippen LogP contribution < -0.4 is 11.1 Å². The smallest absolute Gasteiger partial charge is 0.358 e. The number of aromatic nitrogens is 2. The minimum atomic E-state index is -0.541. The van der Waals surface area contributed by atoms with Crippen molar-refractivity contribution in [3.05, 3.63) is 22.1 Å². The van der Waals surface area contributed by atoms with Crippen molar-refractivity contribution in [1.82, 2.24) is 14.9 Å². The Morgan fingerprint density at radius 2 is 2.40 bits per heavy atom. The minimum Gasteiger partial charge on any atom is -0.358 e. The summed E-state index contributed by atoms with van der Waals surface area (Å²) in [6.45, 7) is 2.50. The fourth-order valence-electron chi connectivity index (χ4n) is 2.17. The Labute approximate surface area is 116 Å². The van der Waals surface area contributed by atoms with Crippen molar-refractivity contribution in [1.29, 1.82) is 0 Å². The first kappa shape index (κ1) is 14.4. The van der Waals surface area contributed by atoms with E-state index in [9.17, 15) is 14.9 Å². The van der Waals surface area contributed by atoms with Crippen LogP contribution in [0, 0.1) is 23.0 Å². The van der Waals surface area contributed by atoms with E-state index in [1.54, 1.807) is 11.5 Å². The first-order chi connectivity index (χ1) is 9.51. The number of nitrogens with two attached hydrogens (primary N) is 1. The molecule has 3 N–H and O–H groups in total. The molecule has 1 aliphatic rings. The lowest BCUT2D eigenvalue weighted by Gasteiger charge is -2.15. The van der Waals surface area contributed by atoms with Gasteiger partial charge in [0.2, 0.25) is 11.7 Å². The summed E-state index contributed by atoms with van der Waals surface area (Å²) in [4.78, 5) is 25.7. The van der Waals surface area contributed by atoms with Crippen LogP contribution in [0.3, 0.4) is 0 Å². The number of aryl methyl sites for hydroxylation is 2. The molecule has 8 nitrogen and oxygen atoms in total. The van der Waals surface area contributed by atoms with Crippen LogP contribution in [-0.4, -0.2) is 33.0 Å². The Morgan fingerprint density at radius 3 is 2.90 bits per heavy atom. The molecule has 1 aromatic heterocycles. The van der Waals surface area contributed by atoms with Crippen molar-refractivity contribution in [2.75, 3.05) is 6.54 Å². The summed E-state index contributed by atoms with van der Waals surface area (Å²) in [5, 5.41) is 13.5. The van der Waals surface area contributed by atoms with E-state index in [-0.39, 0.29) is 24.2 Å². The maximum Gasteiger partial charge on any atom is 0.381 e. The zero-order chi connectivity index (χ0) is 14.7. The molecule has 8 heteroatoms. The fraction of sp³-hybridized carbons (Fsp3) is 0.667. The number of nitrogens with zero attached hydrogens (tertiary/aromatic N) is 3. The number of amides is 1. The first-order valence-corrected chi connectivity index (χ1v) is 6.69. The molecule has 0 aliphatic heterocycles. The summed E-state index contributed by atoms with van der Waals surface area (Å²) < 4.78 is 1.62. The molecule has 0 spiro atoms. The van der Waals surface area contributed by atoms with Gasteiger partial charge in [-0.05, 0) is 28.7 Å². The van der Waals surface area contributed by atoms with E-state index in [0.29, 0.717) is 24.8 Å². The molecule has 1 aliphatic carbocycles. The quantitative estimate of drug-likeness (QED) is 0.552. The van der Waals surface area contributed by atoms with Crippen LogP contribution in [0.15, 0.2) is 6.20 Å². The lowest BCUT2D eigenvalue weighted by atomic mass is 10.2. The molecule has 2 rings (SSSR count). The third-order valence-electron chi connectivity index (χ3n) is 3.52. The van der Waals surface area contributed by atoms with Crippen LogP contribution in [-0.2, 0) is 11.3 Å². The van der Waals surface area contributed by atoms with E-state index in [1.165, 1.54) is 6.20 Å². The second kappa shape index (κ2) is 6.00. The van der Waals surface area contributed by atoms with Crippen LogP contribution >= 0.6 is 0 Å². The number of carbonyl (C=O) groups excluding carboxylic acids is 1. The average molecular weight is 281 g/mol. The molecule has 1 aromatic rings. The highest BCUT2D eigenvalue weighted by molar-refractivity contribution is 5.76. The number of imidazole rings is 1. The number of nitro groups is 1. The highest BCUT2D eigenvalue weighted by atomic mass is 16.6. The van der Waals surface area contributed by atoms with Gasteiger partial charge in [0, 0.05) is 32.5 Å². The molecule has 1 atom stereocenters. The normalized spacial score (nSPS) is 15.9. The van der Waals surface area contributed by atoms with E-state index in [2.05, 4.69) is 10.3 Å². The van der Waals surface area contributed by atoms with Gasteiger partial charge in [-0.15, -0.1) is 0 Å². The third-order valence-corrected chi connectivity index (χ3v) is 3.52. The van der Waals surface area contributed by atoms with Crippen LogP contribution in [0.2, 0.25) is 0 Å². The second-order valence-electron chi connectivity index (χ2n) is 5.09. The van der Waals surface area contributed by atoms with Crippen molar-refractivity contribution >= 4 is 11.7 Å². The molecule has 0 saturated heterocycles. The summed E-state index contributed by atoms with van der Waals surface area (Å²) in [6.07, 6.45) is 3.85. The van der Waals surface area contributed by atoms with Gasteiger partial charge in [-0.3, -0.25) is 4.79 Å². The lowest BCUT2D eigenvalue weighted by Crippen LogP contribution is -2.42. The van der Waals surface area contributed by atoms with E-state index in [1.807, 2.05) is 0 Å². The molecular weight excluding hydrogens is 262 g/mol. The summed E-state index contributed by atoms with van der Waals surface area (Å²) in [7, 11) is 0. The van der Waals surface area contributed by atoms with Gasteiger partial charge in [0.05, 0.1) is 0 Å². The molecule has 1 amide bonds. The van der Waals surface area contributed by atoms with Crippen LogP contribution in [0.5, 0.6) is 0 Å². The largest absolute Gasteiger partial charge is 0.381 e. The highest BCUT2D eigenvalue weighted by Gasteiger charge is 2.31. The maximum absolute atomic E-state index is 11.8. The summed E-state index contributed by atoms with van der Waals surface area (Å²) in [6, 6.07) is 0.0562. The Bertz CT molecular complexity index is 509. The second-order valence-corrected chi connectivity index (χ2v) is 5.09. The predicted octanol–water partition coefficient (Wildman–Crippen LogP) is 0.343. The van der Waals surface area contributed by atoms with Crippen molar-refractivity contribution in [3.63, 3.8) is 0 Å². The highest BCUT2D eigenvalue weighted by Crippen LogP contribution is 2.32. The van der Waals surface area contributed by atoms with Crippen molar-refractivity contribution in [3.8, 4) is 0 Å². The number of carbonyl (C=O) groups is 1. The van der Waals surface area contributed by atoms with Gasteiger partial charge in [0.25, 0.3) is 0 Å². The van der Waals surface area contributed by atoms with Crippen molar-refractivity contribution in [2.45, 2.75) is 38.8 Å².